The Morgan fingerprint density at radius 3 is 1.98 bits per heavy atom. The van der Waals surface area contributed by atoms with Gasteiger partial charge >= 0.3 is 5.97 Å². The van der Waals surface area contributed by atoms with Crippen LogP contribution in [0.5, 0.6) is 0 Å². The highest BCUT2D eigenvalue weighted by Crippen LogP contribution is 2.42. The Hall–Kier alpha value is -3.41. The second-order valence-electron chi connectivity index (χ2n) is 13.4. The first-order chi connectivity index (χ1) is 21.4. The molecule has 0 aliphatic carbocycles. The number of carbonyl (C=O) groups excluding carboxylic acids is 1. The molecule has 0 unspecified atom stereocenters. The van der Waals surface area contributed by atoms with E-state index in [-0.39, 0.29) is 40.6 Å². The summed E-state index contributed by atoms with van der Waals surface area (Å²) in [5.41, 5.74) is 2.31. The van der Waals surface area contributed by atoms with Crippen molar-refractivity contribution in [3.05, 3.63) is 112 Å². The Kier molecular flexibility index (Phi) is 10.2. The van der Waals surface area contributed by atoms with E-state index in [9.17, 15) is 14.9 Å². The largest absolute Gasteiger partial charge is 0.457 e. The normalized spacial score (nSPS) is 23.5. The van der Waals surface area contributed by atoms with Crippen LogP contribution < -0.4 is 0 Å². The van der Waals surface area contributed by atoms with Gasteiger partial charge in [0.15, 0.2) is 8.32 Å². The van der Waals surface area contributed by atoms with E-state index in [0.29, 0.717) is 32.8 Å². The first-order valence-electron chi connectivity index (χ1n) is 15.6. The van der Waals surface area contributed by atoms with Gasteiger partial charge < -0.3 is 18.6 Å². The van der Waals surface area contributed by atoms with E-state index in [1.807, 2.05) is 60.7 Å². The average molecular weight is 633 g/mol. The Labute approximate surface area is 266 Å². The third-order valence-electron chi connectivity index (χ3n) is 9.47. The maximum Gasteiger partial charge on any atom is 0.338 e. The van der Waals surface area contributed by atoms with Crippen molar-refractivity contribution >= 4 is 20.0 Å². The fraction of sp³-hybridized carbons (Fsp3) is 0.457. The number of nitrogens with zero attached hydrogens (tertiary/aromatic N) is 2. The van der Waals surface area contributed by atoms with Crippen molar-refractivity contribution in [3.63, 3.8) is 0 Å². The summed E-state index contributed by atoms with van der Waals surface area (Å²) in [6.07, 6.45) is -0.533. The van der Waals surface area contributed by atoms with Gasteiger partial charge in [-0.3, -0.25) is 15.0 Å². The van der Waals surface area contributed by atoms with Crippen LogP contribution in [-0.4, -0.2) is 67.7 Å². The summed E-state index contributed by atoms with van der Waals surface area (Å²) < 4.78 is 26.4. The van der Waals surface area contributed by atoms with Crippen LogP contribution in [0.1, 0.15) is 48.7 Å². The Morgan fingerprint density at radius 2 is 1.44 bits per heavy atom. The number of nitro benzene ring substituents is 1. The summed E-state index contributed by atoms with van der Waals surface area (Å²) in [5.74, 6) is -0.513. The SMILES string of the molecule is CC(C)(C)[Si](C)(C)OC[C@@H]1[C@@H](OCc2ccccc2)[C@H](OCc2ccccc2)[C@H]2[C@@H](OC(=O)c3ccc([N+](=O)[O-])cc3)CCN21. The minimum atomic E-state index is -2.08. The van der Waals surface area contributed by atoms with E-state index in [2.05, 4.69) is 38.8 Å². The monoisotopic (exact) mass is 632 g/mol. The van der Waals surface area contributed by atoms with E-state index in [1.165, 1.54) is 24.3 Å². The number of fused-ring (bicyclic) bond motifs is 1. The number of hydrogen-bond acceptors (Lipinski definition) is 8. The van der Waals surface area contributed by atoms with Crippen LogP contribution in [0.4, 0.5) is 5.69 Å². The van der Waals surface area contributed by atoms with Gasteiger partial charge in [-0.1, -0.05) is 81.4 Å². The molecule has 0 amide bonds. The molecule has 2 fully saturated rings. The quantitative estimate of drug-likeness (QED) is 0.0934. The highest BCUT2D eigenvalue weighted by atomic mass is 28.4. The van der Waals surface area contributed by atoms with Crippen molar-refractivity contribution in [1.82, 2.24) is 4.90 Å². The molecule has 10 heteroatoms. The summed E-state index contributed by atoms with van der Waals surface area (Å²) >= 11 is 0. The maximum absolute atomic E-state index is 13.3. The van der Waals surface area contributed by atoms with Crippen molar-refractivity contribution in [1.29, 1.82) is 0 Å². The minimum absolute atomic E-state index is 0.0441. The molecule has 3 aromatic carbocycles. The molecule has 5 rings (SSSR count). The van der Waals surface area contributed by atoms with Crippen molar-refractivity contribution in [2.75, 3.05) is 13.2 Å². The zero-order valence-corrected chi connectivity index (χ0v) is 27.8. The number of benzene rings is 3. The molecule has 5 atom stereocenters. The maximum atomic E-state index is 13.3. The van der Waals surface area contributed by atoms with Crippen LogP contribution in [0.2, 0.25) is 18.1 Å². The van der Waals surface area contributed by atoms with Gasteiger partial charge in [0.1, 0.15) is 18.3 Å². The number of hydrogen-bond donors (Lipinski definition) is 0. The van der Waals surface area contributed by atoms with Gasteiger partial charge in [0.2, 0.25) is 0 Å². The number of ether oxygens (including phenoxy) is 3. The van der Waals surface area contributed by atoms with E-state index < -0.39 is 25.3 Å². The molecule has 0 N–H and O–H groups in total. The molecule has 2 saturated heterocycles. The second-order valence-corrected chi connectivity index (χ2v) is 18.2. The third kappa shape index (κ3) is 7.70. The highest BCUT2D eigenvalue weighted by Gasteiger charge is 2.57. The Balaban J connectivity index is 1.43. The molecule has 0 radical (unpaired) electrons. The van der Waals surface area contributed by atoms with Gasteiger partial charge in [-0.15, -0.1) is 0 Å². The molecule has 0 spiro atoms. The number of rotatable bonds is 12. The molecule has 2 heterocycles. The third-order valence-corrected chi connectivity index (χ3v) is 14.0. The zero-order valence-electron chi connectivity index (χ0n) is 26.8. The van der Waals surface area contributed by atoms with Crippen molar-refractivity contribution < 1.29 is 28.4 Å². The molecule has 0 aromatic heterocycles. The molecule has 2 aliphatic heterocycles. The predicted octanol–water partition coefficient (Wildman–Crippen LogP) is 6.77. The smallest absolute Gasteiger partial charge is 0.338 e. The first-order valence-corrected chi connectivity index (χ1v) is 18.5. The van der Waals surface area contributed by atoms with E-state index in [4.69, 9.17) is 18.6 Å². The molecule has 0 saturated carbocycles. The molecule has 9 nitrogen and oxygen atoms in total. The lowest BCUT2D eigenvalue weighted by molar-refractivity contribution is -0.384. The molecule has 3 aromatic rings. The van der Waals surface area contributed by atoms with Crippen molar-refractivity contribution in [2.45, 2.75) is 88.9 Å². The summed E-state index contributed by atoms with van der Waals surface area (Å²) in [6.45, 7) is 13.2. The van der Waals surface area contributed by atoms with Crippen LogP contribution >= 0.6 is 0 Å². The van der Waals surface area contributed by atoms with E-state index >= 15 is 0 Å². The van der Waals surface area contributed by atoms with E-state index in [1.54, 1.807) is 0 Å². The fourth-order valence-electron chi connectivity index (χ4n) is 5.89. The topological polar surface area (TPSA) is 100 Å². The van der Waals surface area contributed by atoms with Gasteiger partial charge in [0.05, 0.1) is 42.4 Å². The lowest BCUT2D eigenvalue weighted by Gasteiger charge is -2.38. The van der Waals surface area contributed by atoms with Crippen LogP contribution in [0.3, 0.4) is 0 Å². The molecule has 240 valence electrons. The second kappa shape index (κ2) is 13.9. The summed E-state index contributed by atoms with van der Waals surface area (Å²) in [4.78, 5) is 26.3. The minimum Gasteiger partial charge on any atom is -0.457 e. The summed E-state index contributed by atoms with van der Waals surface area (Å²) in [7, 11) is -2.08. The van der Waals surface area contributed by atoms with Crippen molar-refractivity contribution in [2.24, 2.45) is 0 Å². The highest BCUT2D eigenvalue weighted by molar-refractivity contribution is 6.74. The molecule has 45 heavy (non-hydrogen) atoms. The predicted molar refractivity (Wildman–Crippen MR) is 174 cm³/mol. The zero-order chi connectivity index (χ0) is 32.2. The van der Waals surface area contributed by atoms with Crippen molar-refractivity contribution in [3.8, 4) is 0 Å². The van der Waals surface area contributed by atoms with Gasteiger partial charge in [0, 0.05) is 18.7 Å². The summed E-state index contributed by atoms with van der Waals surface area (Å²) in [5, 5.41) is 11.2. The first kappa shape index (κ1) is 33.0. The number of carbonyl (C=O) groups is 1. The van der Waals surface area contributed by atoms with Gasteiger partial charge in [-0.25, -0.2) is 4.79 Å². The summed E-state index contributed by atoms with van der Waals surface area (Å²) in [6, 6.07) is 25.3. The average Bonchev–Trinajstić information content (AvgIpc) is 3.55. The van der Waals surface area contributed by atoms with Gasteiger partial charge in [-0.05, 0) is 47.8 Å². The van der Waals surface area contributed by atoms with Crippen LogP contribution in [-0.2, 0) is 31.9 Å². The van der Waals surface area contributed by atoms with E-state index in [0.717, 1.165) is 11.1 Å². The Morgan fingerprint density at radius 1 is 0.889 bits per heavy atom. The lowest BCUT2D eigenvalue weighted by Crippen LogP contribution is -2.48. The molecular weight excluding hydrogens is 588 g/mol. The van der Waals surface area contributed by atoms with Gasteiger partial charge in [0.25, 0.3) is 5.69 Å². The molecule has 0 bridgehead atoms. The van der Waals surface area contributed by atoms with Crippen LogP contribution in [0.25, 0.3) is 0 Å². The molecule has 2 aliphatic rings. The van der Waals surface area contributed by atoms with Gasteiger partial charge in [-0.2, -0.15) is 0 Å². The number of nitro groups is 1. The Bertz CT molecular complexity index is 1430. The lowest BCUT2D eigenvalue weighted by atomic mass is 10.0. The molecular formula is C35H44N2O7Si. The standard InChI is InChI=1S/C35H44N2O7Si/c1-35(2,3)45(4,5)43-24-29-32(41-22-25-12-8-6-9-13-25)33(42-23-26-14-10-7-11-15-26)31-30(20-21-36(29)31)44-34(38)27-16-18-28(19-17-27)37(39)40/h6-19,29-33H,20-24H2,1-5H3/t29-,30+,31-,32-,33-/m1/s1. The fourth-order valence-corrected chi connectivity index (χ4v) is 6.91. The van der Waals surface area contributed by atoms with Crippen LogP contribution in [0.15, 0.2) is 84.9 Å². The van der Waals surface area contributed by atoms with Crippen LogP contribution in [0, 0.1) is 10.1 Å². The number of non-ortho nitro benzene ring substituents is 1. The number of esters is 1.